The number of carbonyl (C=O) groups is 1. The molecule has 3 heteroatoms. The lowest BCUT2D eigenvalue weighted by molar-refractivity contribution is -0.138. The lowest BCUT2D eigenvalue weighted by Gasteiger charge is -2.37. The van der Waals surface area contributed by atoms with Crippen molar-refractivity contribution in [1.82, 2.24) is 4.90 Å². The van der Waals surface area contributed by atoms with Crippen LogP contribution in [0.25, 0.3) is 0 Å². The van der Waals surface area contributed by atoms with Gasteiger partial charge in [0.05, 0.1) is 5.92 Å². The number of amides is 1. The molecule has 0 aromatic heterocycles. The Hall–Kier alpha value is -0.570. The molecule has 92 valence electrons. The lowest BCUT2D eigenvalue weighted by atomic mass is 9.90. The average Bonchev–Trinajstić information content (AvgIpc) is 2.62. The number of nitrogens with two attached hydrogens (primary N) is 1. The van der Waals surface area contributed by atoms with Crippen LogP contribution < -0.4 is 5.73 Å². The van der Waals surface area contributed by atoms with Crippen LogP contribution in [0.4, 0.5) is 0 Å². The zero-order chi connectivity index (χ0) is 11.7. The van der Waals surface area contributed by atoms with Crippen LogP contribution in [-0.2, 0) is 4.79 Å². The molecule has 0 radical (unpaired) electrons. The summed E-state index contributed by atoms with van der Waals surface area (Å²) in [6.07, 6.45) is 4.39. The van der Waals surface area contributed by atoms with Crippen LogP contribution in [0.5, 0.6) is 0 Å². The van der Waals surface area contributed by atoms with E-state index in [0.29, 0.717) is 17.7 Å². The Morgan fingerprint density at radius 2 is 1.81 bits per heavy atom. The van der Waals surface area contributed by atoms with E-state index < -0.39 is 0 Å². The molecule has 1 amide bonds. The highest BCUT2D eigenvalue weighted by molar-refractivity contribution is 5.80. The number of rotatable bonds is 1. The van der Waals surface area contributed by atoms with Crippen molar-refractivity contribution in [3.8, 4) is 0 Å². The molecule has 2 N–H and O–H groups in total. The molecule has 1 saturated heterocycles. The molecule has 1 saturated carbocycles. The van der Waals surface area contributed by atoms with E-state index in [-0.39, 0.29) is 12.0 Å². The number of nitrogens with zero attached hydrogens (tertiary/aromatic N) is 1. The Kier molecular flexibility index (Phi) is 3.53. The van der Waals surface area contributed by atoms with Gasteiger partial charge >= 0.3 is 0 Å². The van der Waals surface area contributed by atoms with Gasteiger partial charge in [0.15, 0.2) is 0 Å². The minimum Gasteiger partial charge on any atom is -0.342 e. The van der Waals surface area contributed by atoms with Crippen molar-refractivity contribution in [2.75, 3.05) is 13.1 Å². The van der Waals surface area contributed by atoms with Gasteiger partial charge in [-0.1, -0.05) is 20.3 Å². The quantitative estimate of drug-likeness (QED) is 0.735. The van der Waals surface area contributed by atoms with E-state index in [0.717, 1.165) is 32.4 Å². The first kappa shape index (κ1) is 11.9. The van der Waals surface area contributed by atoms with Crippen molar-refractivity contribution in [2.45, 2.75) is 45.6 Å². The SMILES string of the molecule is CC1CC(C)CN(C(=O)C2CCCC2N)C1. The van der Waals surface area contributed by atoms with Crippen molar-refractivity contribution in [1.29, 1.82) is 0 Å². The fraction of sp³-hybridized carbons (Fsp3) is 0.923. The van der Waals surface area contributed by atoms with Crippen LogP contribution in [0.2, 0.25) is 0 Å². The smallest absolute Gasteiger partial charge is 0.227 e. The van der Waals surface area contributed by atoms with E-state index in [9.17, 15) is 4.79 Å². The molecular weight excluding hydrogens is 200 g/mol. The van der Waals surface area contributed by atoms with Gasteiger partial charge in [0.2, 0.25) is 5.91 Å². The first-order chi connectivity index (χ1) is 7.58. The van der Waals surface area contributed by atoms with E-state index >= 15 is 0 Å². The van der Waals surface area contributed by atoms with E-state index in [2.05, 4.69) is 18.7 Å². The maximum atomic E-state index is 12.3. The summed E-state index contributed by atoms with van der Waals surface area (Å²) in [7, 11) is 0. The van der Waals surface area contributed by atoms with Crippen LogP contribution in [0.15, 0.2) is 0 Å². The summed E-state index contributed by atoms with van der Waals surface area (Å²) in [5, 5.41) is 0. The number of piperidine rings is 1. The molecular formula is C13H24N2O. The van der Waals surface area contributed by atoms with Gasteiger partial charge in [0.1, 0.15) is 0 Å². The molecule has 0 aromatic rings. The molecule has 0 bridgehead atoms. The summed E-state index contributed by atoms with van der Waals surface area (Å²) in [6.45, 7) is 6.35. The molecule has 2 rings (SSSR count). The van der Waals surface area contributed by atoms with Crippen LogP contribution >= 0.6 is 0 Å². The van der Waals surface area contributed by atoms with E-state index in [1.165, 1.54) is 6.42 Å². The molecule has 1 aliphatic carbocycles. The van der Waals surface area contributed by atoms with Gasteiger partial charge in [0.25, 0.3) is 0 Å². The maximum absolute atomic E-state index is 12.3. The van der Waals surface area contributed by atoms with Crippen molar-refractivity contribution in [2.24, 2.45) is 23.5 Å². The van der Waals surface area contributed by atoms with E-state index in [1.807, 2.05) is 0 Å². The Morgan fingerprint density at radius 3 is 2.31 bits per heavy atom. The minimum absolute atomic E-state index is 0.109. The second-order valence-electron chi connectivity index (χ2n) is 5.89. The summed E-state index contributed by atoms with van der Waals surface area (Å²) in [5.41, 5.74) is 6.01. The summed E-state index contributed by atoms with van der Waals surface area (Å²) >= 11 is 0. The zero-order valence-corrected chi connectivity index (χ0v) is 10.5. The normalized spacial score (nSPS) is 40.1. The van der Waals surface area contributed by atoms with Crippen LogP contribution in [0.1, 0.15) is 39.5 Å². The standard InChI is InChI=1S/C13H24N2O/c1-9-6-10(2)8-15(7-9)13(16)11-4-3-5-12(11)14/h9-12H,3-8,14H2,1-2H3. The Balaban J connectivity index is 1.98. The number of carbonyl (C=O) groups excluding carboxylic acids is 1. The monoisotopic (exact) mass is 224 g/mol. The fourth-order valence-electron chi connectivity index (χ4n) is 3.37. The van der Waals surface area contributed by atoms with Gasteiger partial charge in [-0.15, -0.1) is 0 Å². The van der Waals surface area contributed by atoms with Crippen molar-refractivity contribution in [3.05, 3.63) is 0 Å². The largest absolute Gasteiger partial charge is 0.342 e. The summed E-state index contributed by atoms with van der Waals surface area (Å²) in [4.78, 5) is 14.4. The molecule has 4 unspecified atom stereocenters. The third-order valence-corrected chi connectivity index (χ3v) is 4.07. The fourth-order valence-corrected chi connectivity index (χ4v) is 3.37. The maximum Gasteiger partial charge on any atom is 0.227 e. The molecule has 3 nitrogen and oxygen atoms in total. The van der Waals surface area contributed by atoms with Gasteiger partial charge in [-0.3, -0.25) is 4.79 Å². The summed E-state index contributed by atoms with van der Waals surface area (Å²) in [6, 6.07) is 0.111. The van der Waals surface area contributed by atoms with Gasteiger partial charge in [-0.05, 0) is 31.1 Å². The van der Waals surface area contributed by atoms with Gasteiger partial charge in [-0.2, -0.15) is 0 Å². The van der Waals surface area contributed by atoms with E-state index in [1.54, 1.807) is 0 Å². The molecule has 4 atom stereocenters. The predicted molar refractivity (Wildman–Crippen MR) is 64.8 cm³/mol. The van der Waals surface area contributed by atoms with Gasteiger partial charge < -0.3 is 10.6 Å². The Morgan fingerprint density at radius 1 is 1.19 bits per heavy atom. The summed E-state index contributed by atoms with van der Waals surface area (Å²) in [5.74, 6) is 1.72. The molecule has 1 aliphatic heterocycles. The molecule has 0 aromatic carbocycles. The lowest BCUT2D eigenvalue weighted by Crippen LogP contribution is -2.47. The highest BCUT2D eigenvalue weighted by atomic mass is 16.2. The molecule has 0 spiro atoms. The molecule has 2 aliphatic rings. The number of hydrogen-bond donors (Lipinski definition) is 1. The first-order valence-corrected chi connectivity index (χ1v) is 6.62. The third-order valence-electron chi connectivity index (χ3n) is 4.07. The van der Waals surface area contributed by atoms with E-state index in [4.69, 9.17) is 5.73 Å². The Labute approximate surface area is 98.4 Å². The second kappa shape index (κ2) is 4.74. The van der Waals surface area contributed by atoms with Crippen LogP contribution in [0, 0.1) is 17.8 Å². The third kappa shape index (κ3) is 2.40. The minimum atomic E-state index is 0.109. The van der Waals surface area contributed by atoms with Crippen molar-refractivity contribution < 1.29 is 4.79 Å². The predicted octanol–water partition coefficient (Wildman–Crippen LogP) is 1.62. The number of hydrogen-bond acceptors (Lipinski definition) is 2. The van der Waals surface area contributed by atoms with Crippen molar-refractivity contribution in [3.63, 3.8) is 0 Å². The van der Waals surface area contributed by atoms with Crippen LogP contribution in [-0.4, -0.2) is 29.9 Å². The molecule has 16 heavy (non-hydrogen) atoms. The Bertz CT molecular complexity index is 257. The highest BCUT2D eigenvalue weighted by Gasteiger charge is 2.35. The molecule has 1 heterocycles. The highest BCUT2D eigenvalue weighted by Crippen LogP contribution is 2.29. The molecule has 2 fully saturated rings. The zero-order valence-electron chi connectivity index (χ0n) is 10.5. The topological polar surface area (TPSA) is 46.3 Å². The summed E-state index contributed by atoms with van der Waals surface area (Å²) < 4.78 is 0. The van der Waals surface area contributed by atoms with Gasteiger partial charge in [-0.25, -0.2) is 0 Å². The second-order valence-corrected chi connectivity index (χ2v) is 5.89. The first-order valence-electron chi connectivity index (χ1n) is 6.62. The van der Waals surface area contributed by atoms with Crippen molar-refractivity contribution >= 4 is 5.91 Å². The van der Waals surface area contributed by atoms with Gasteiger partial charge in [0, 0.05) is 19.1 Å². The van der Waals surface area contributed by atoms with Crippen LogP contribution in [0.3, 0.4) is 0 Å². The number of likely N-dealkylation sites (tertiary alicyclic amines) is 1. The average molecular weight is 224 g/mol.